The van der Waals surface area contributed by atoms with Gasteiger partial charge in [-0.1, -0.05) is 0 Å². The van der Waals surface area contributed by atoms with Crippen LogP contribution in [0.4, 0.5) is 5.82 Å². The fourth-order valence-electron chi connectivity index (χ4n) is 1.15. The second kappa shape index (κ2) is 5.96. The van der Waals surface area contributed by atoms with Crippen molar-refractivity contribution in [3.05, 3.63) is 23.9 Å². The molecule has 0 aromatic carbocycles. The number of aliphatic hydroxyl groups excluding tert-OH is 1. The summed E-state index contributed by atoms with van der Waals surface area (Å²) >= 11 is 0. The Morgan fingerprint density at radius 1 is 1.73 bits per heavy atom. The summed E-state index contributed by atoms with van der Waals surface area (Å²) in [5.74, 6) is 0.469. The van der Waals surface area contributed by atoms with Crippen molar-refractivity contribution in [1.82, 2.24) is 4.98 Å². The van der Waals surface area contributed by atoms with Gasteiger partial charge >= 0.3 is 0 Å². The van der Waals surface area contributed by atoms with Crippen LogP contribution in [0.15, 0.2) is 18.3 Å². The molecule has 5 nitrogen and oxygen atoms in total. The number of hydrogen-bond donors (Lipinski definition) is 2. The minimum absolute atomic E-state index is 0.0741. The zero-order chi connectivity index (χ0) is 11.1. The van der Waals surface area contributed by atoms with Crippen molar-refractivity contribution >= 4 is 5.82 Å². The van der Waals surface area contributed by atoms with Crippen LogP contribution in [-0.2, 0) is 4.74 Å². The van der Waals surface area contributed by atoms with E-state index in [1.54, 1.807) is 25.4 Å². The number of ether oxygens (including phenoxy) is 1. The Bertz CT molecular complexity index is 349. The van der Waals surface area contributed by atoms with Crippen molar-refractivity contribution in [2.45, 2.75) is 6.04 Å². The summed E-state index contributed by atoms with van der Waals surface area (Å²) in [5.41, 5.74) is 0.451. The van der Waals surface area contributed by atoms with Gasteiger partial charge in [0, 0.05) is 13.3 Å². The molecular formula is C10H13N3O2. The summed E-state index contributed by atoms with van der Waals surface area (Å²) in [4.78, 5) is 4.02. The zero-order valence-electron chi connectivity index (χ0n) is 8.47. The van der Waals surface area contributed by atoms with Crippen LogP contribution in [0.3, 0.4) is 0 Å². The van der Waals surface area contributed by atoms with Gasteiger partial charge in [-0.3, -0.25) is 0 Å². The van der Waals surface area contributed by atoms with Crippen molar-refractivity contribution in [3.8, 4) is 6.07 Å². The first-order valence-electron chi connectivity index (χ1n) is 4.53. The number of aromatic nitrogens is 1. The summed E-state index contributed by atoms with van der Waals surface area (Å²) < 4.78 is 4.91. The quantitative estimate of drug-likeness (QED) is 0.729. The van der Waals surface area contributed by atoms with E-state index in [-0.39, 0.29) is 12.6 Å². The third-order valence-electron chi connectivity index (χ3n) is 1.86. The van der Waals surface area contributed by atoms with Gasteiger partial charge in [0.25, 0.3) is 0 Å². The molecule has 0 aliphatic rings. The predicted molar refractivity (Wildman–Crippen MR) is 55.3 cm³/mol. The Kier molecular flexibility index (Phi) is 4.54. The van der Waals surface area contributed by atoms with Gasteiger partial charge < -0.3 is 15.2 Å². The minimum Gasteiger partial charge on any atom is -0.394 e. The smallest absolute Gasteiger partial charge is 0.144 e. The molecule has 15 heavy (non-hydrogen) atoms. The van der Waals surface area contributed by atoms with Crippen LogP contribution < -0.4 is 5.32 Å². The Labute approximate surface area is 88.3 Å². The van der Waals surface area contributed by atoms with E-state index in [2.05, 4.69) is 10.3 Å². The highest BCUT2D eigenvalue weighted by molar-refractivity contribution is 5.51. The molecule has 80 valence electrons. The summed E-state index contributed by atoms with van der Waals surface area (Å²) in [6.07, 6.45) is 1.59. The third-order valence-corrected chi connectivity index (χ3v) is 1.86. The van der Waals surface area contributed by atoms with Crippen LogP contribution in [0, 0.1) is 11.3 Å². The lowest BCUT2D eigenvalue weighted by atomic mass is 10.2. The number of rotatable bonds is 5. The second-order valence-electron chi connectivity index (χ2n) is 2.99. The van der Waals surface area contributed by atoms with Crippen LogP contribution in [0.25, 0.3) is 0 Å². The molecule has 0 aliphatic carbocycles. The van der Waals surface area contributed by atoms with Crippen molar-refractivity contribution in [2.75, 3.05) is 25.6 Å². The lowest BCUT2D eigenvalue weighted by Gasteiger charge is -2.16. The molecule has 5 heteroatoms. The molecule has 0 radical (unpaired) electrons. The molecule has 1 heterocycles. The van der Waals surface area contributed by atoms with Crippen LogP contribution in [-0.4, -0.2) is 36.5 Å². The molecule has 1 aromatic rings. The molecule has 1 aromatic heterocycles. The first-order valence-corrected chi connectivity index (χ1v) is 4.53. The fraction of sp³-hybridized carbons (Fsp3) is 0.400. The van der Waals surface area contributed by atoms with E-state index in [9.17, 15) is 0 Å². The third kappa shape index (κ3) is 3.20. The van der Waals surface area contributed by atoms with E-state index in [1.165, 1.54) is 0 Å². The van der Waals surface area contributed by atoms with E-state index in [1.807, 2.05) is 6.07 Å². The summed E-state index contributed by atoms with van der Waals surface area (Å²) in [6.45, 7) is 0.285. The fourth-order valence-corrected chi connectivity index (χ4v) is 1.15. The first kappa shape index (κ1) is 11.4. The number of anilines is 1. The Hall–Kier alpha value is -1.64. The molecule has 0 spiro atoms. The highest BCUT2D eigenvalue weighted by atomic mass is 16.5. The van der Waals surface area contributed by atoms with Gasteiger partial charge in [0.2, 0.25) is 0 Å². The highest BCUT2D eigenvalue weighted by Gasteiger charge is 2.09. The number of methoxy groups -OCH3 is 1. The topological polar surface area (TPSA) is 78.2 Å². The van der Waals surface area contributed by atoms with Crippen molar-refractivity contribution in [3.63, 3.8) is 0 Å². The van der Waals surface area contributed by atoms with Crippen molar-refractivity contribution in [2.24, 2.45) is 0 Å². The van der Waals surface area contributed by atoms with E-state index in [0.717, 1.165) is 0 Å². The van der Waals surface area contributed by atoms with Crippen LogP contribution in [0.5, 0.6) is 0 Å². The molecule has 1 unspecified atom stereocenters. The minimum atomic E-state index is -0.253. The van der Waals surface area contributed by atoms with Crippen LogP contribution in [0.2, 0.25) is 0 Å². The SMILES string of the molecule is COCC(CO)Nc1ncccc1C#N. The monoisotopic (exact) mass is 207 g/mol. The molecule has 0 saturated carbocycles. The van der Waals surface area contributed by atoms with E-state index >= 15 is 0 Å². The maximum atomic E-state index is 9.03. The van der Waals surface area contributed by atoms with Crippen LogP contribution in [0.1, 0.15) is 5.56 Å². The predicted octanol–water partition coefficient (Wildman–Crippen LogP) is 0.372. The Morgan fingerprint density at radius 2 is 2.53 bits per heavy atom. The molecular weight excluding hydrogens is 194 g/mol. The maximum absolute atomic E-state index is 9.03. The Balaban J connectivity index is 2.74. The van der Waals surface area contributed by atoms with Gasteiger partial charge in [-0.05, 0) is 12.1 Å². The average Bonchev–Trinajstić information content (AvgIpc) is 2.29. The van der Waals surface area contributed by atoms with Crippen molar-refractivity contribution in [1.29, 1.82) is 5.26 Å². The molecule has 0 amide bonds. The van der Waals surface area contributed by atoms with Gasteiger partial charge in [0.1, 0.15) is 11.9 Å². The molecule has 0 fully saturated rings. The van der Waals surface area contributed by atoms with Gasteiger partial charge in [0.05, 0.1) is 24.8 Å². The standard InChI is InChI=1S/C10H13N3O2/c1-15-7-9(6-14)13-10-8(5-11)3-2-4-12-10/h2-4,9,14H,6-7H2,1H3,(H,12,13). The summed E-state index contributed by atoms with van der Waals surface area (Å²) in [6, 6.07) is 5.12. The molecule has 0 aliphatic heterocycles. The molecule has 1 atom stereocenters. The highest BCUT2D eigenvalue weighted by Crippen LogP contribution is 2.10. The first-order chi connectivity index (χ1) is 7.31. The van der Waals surface area contributed by atoms with Gasteiger partial charge in [-0.15, -0.1) is 0 Å². The molecule has 2 N–H and O–H groups in total. The number of hydrogen-bond acceptors (Lipinski definition) is 5. The lowest BCUT2D eigenvalue weighted by molar-refractivity contribution is 0.153. The molecule has 0 bridgehead atoms. The number of nitriles is 1. The van der Waals surface area contributed by atoms with E-state index < -0.39 is 0 Å². The molecule has 1 rings (SSSR count). The number of nitrogens with one attached hydrogen (secondary N) is 1. The summed E-state index contributed by atoms with van der Waals surface area (Å²) in [5, 5.41) is 20.8. The van der Waals surface area contributed by atoms with Crippen molar-refractivity contribution < 1.29 is 9.84 Å². The second-order valence-corrected chi connectivity index (χ2v) is 2.99. The maximum Gasteiger partial charge on any atom is 0.144 e. The van der Waals surface area contributed by atoms with E-state index in [0.29, 0.717) is 18.0 Å². The van der Waals surface area contributed by atoms with E-state index in [4.69, 9.17) is 15.1 Å². The summed E-state index contributed by atoms with van der Waals surface area (Å²) in [7, 11) is 1.55. The number of pyridine rings is 1. The van der Waals surface area contributed by atoms with Gasteiger partial charge in [-0.25, -0.2) is 4.98 Å². The van der Waals surface area contributed by atoms with Gasteiger partial charge in [-0.2, -0.15) is 5.26 Å². The molecule has 0 saturated heterocycles. The zero-order valence-corrected chi connectivity index (χ0v) is 8.47. The largest absolute Gasteiger partial charge is 0.394 e. The van der Waals surface area contributed by atoms with Gasteiger partial charge in [0.15, 0.2) is 0 Å². The van der Waals surface area contributed by atoms with Crippen LogP contribution >= 0.6 is 0 Å². The normalized spacial score (nSPS) is 11.8. The number of aliphatic hydroxyl groups is 1. The lowest BCUT2D eigenvalue weighted by Crippen LogP contribution is -2.29. The Morgan fingerprint density at radius 3 is 3.13 bits per heavy atom. The average molecular weight is 207 g/mol. The number of nitrogens with zero attached hydrogens (tertiary/aromatic N) is 2.